The summed E-state index contributed by atoms with van der Waals surface area (Å²) in [4.78, 5) is 3.01. The van der Waals surface area contributed by atoms with Crippen molar-refractivity contribution < 1.29 is 0 Å². The van der Waals surface area contributed by atoms with Gasteiger partial charge in [0, 0.05) is 14.7 Å². The van der Waals surface area contributed by atoms with Gasteiger partial charge < -0.3 is 0 Å². The lowest BCUT2D eigenvalue weighted by atomic mass is 9.84. The van der Waals surface area contributed by atoms with Crippen LogP contribution in [0.2, 0.25) is 0 Å². The Labute approximate surface area is 174 Å². The number of thioether (sulfide) groups is 3. The van der Waals surface area contributed by atoms with Gasteiger partial charge in [-0.3, -0.25) is 0 Å². The van der Waals surface area contributed by atoms with Gasteiger partial charge in [0.1, 0.15) is 4.87 Å². The zero-order valence-electron chi connectivity index (χ0n) is 15.0. The highest BCUT2D eigenvalue weighted by Gasteiger charge is 2.34. The number of rotatable bonds is 6. The summed E-state index contributed by atoms with van der Waals surface area (Å²) in [6.07, 6.45) is 6.27. The maximum Gasteiger partial charge on any atom is 0.119 e. The summed E-state index contributed by atoms with van der Waals surface area (Å²) < 4.78 is 0. The van der Waals surface area contributed by atoms with Crippen LogP contribution < -0.4 is 0 Å². The van der Waals surface area contributed by atoms with Crippen LogP contribution in [0.1, 0.15) is 16.7 Å². The van der Waals surface area contributed by atoms with Gasteiger partial charge in [-0.2, -0.15) is 0 Å². The molecule has 0 aromatic heterocycles. The average Bonchev–Trinajstić information content (AvgIpc) is 2.73. The van der Waals surface area contributed by atoms with E-state index in [2.05, 4.69) is 91.6 Å². The molecule has 0 nitrogen and oxygen atoms in total. The molecular formula is C22H21ClS3. The topological polar surface area (TPSA) is 0 Å². The van der Waals surface area contributed by atoms with E-state index < -0.39 is 4.87 Å². The fourth-order valence-electron chi connectivity index (χ4n) is 2.96. The maximum absolute atomic E-state index is 7.38. The van der Waals surface area contributed by atoms with E-state index in [9.17, 15) is 0 Å². The predicted molar refractivity (Wildman–Crippen MR) is 120 cm³/mol. The highest BCUT2D eigenvalue weighted by atomic mass is 35.5. The van der Waals surface area contributed by atoms with E-state index >= 15 is 0 Å². The Morgan fingerprint density at radius 1 is 0.500 bits per heavy atom. The van der Waals surface area contributed by atoms with Crippen LogP contribution in [0, 0.1) is 0 Å². The van der Waals surface area contributed by atoms with E-state index in [-0.39, 0.29) is 0 Å². The summed E-state index contributed by atoms with van der Waals surface area (Å²) >= 11 is 12.6. The van der Waals surface area contributed by atoms with Crippen molar-refractivity contribution in [1.82, 2.24) is 0 Å². The molecule has 3 rings (SSSR count). The van der Waals surface area contributed by atoms with Gasteiger partial charge in [0.05, 0.1) is 0 Å². The summed E-state index contributed by atoms with van der Waals surface area (Å²) in [5, 5.41) is 0. The Hall–Kier alpha value is -1.00. The Bertz CT molecular complexity index is 724. The van der Waals surface area contributed by atoms with E-state index in [1.165, 1.54) is 14.7 Å². The molecule has 0 spiro atoms. The number of alkyl halides is 1. The zero-order valence-corrected chi connectivity index (χ0v) is 18.2. The van der Waals surface area contributed by atoms with Crippen molar-refractivity contribution in [2.45, 2.75) is 19.6 Å². The second-order valence-corrected chi connectivity index (χ2v) is 9.05. The lowest BCUT2D eigenvalue weighted by Crippen LogP contribution is -2.22. The van der Waals surface area contributed by atoms with Crippen LogP contribution in [0.15, 0.2) is 87.5 Å². The molecule has 0 aliphatic rings. The van der Waals surface area contributed by atoms with Crippen molar-refractivity contribution in [3.63, 3.8) is 0 Å². The number of halogens is 1. The summed E-state index contributed by atoms with van der Waals surface area (Å²) in [5.74, 6) is 0. The molecule has 0 radical (unpaired) electrons. The van der Waals surface area contributed by atoms with Gasteiger partial charge >= 0.3 is 0 Å². The van der Waals surface area contributed by atoms with Crippen LogP contribution in [0.5, 0.6) is 0 Å². The van der Waals surface area contributed by atoms with E-state index in [0.29, 0.717) is 0 Å². The molecule has 0 saturated heterocycles. The molecule has 4 heteroatoms. The Morgan fingerprint density at radius 3 is 0.923 bits per heavy atom. The van der Waals surface area contributed by atoms with Crippen LogP contribution >= 0.6 is 46.9 Å². The van der Waals surface area contributed by atoms with E-state index in [1.807, 2.05) is 0 Å². The maximum atomic E-state index is 7.38. The van der Waals surface area contributed by atoms with Gasteiger partial charge in [-0.15, -0.1) is 46.9 Å². The Kier molecular flexibility index (Phi) is 6.68. The quantitative estimate of drug-likeness (QED) is 0.233. The lowest BCUT2D eigenvalue weighted by molar-refractivity contribution is 0.873. The molecule has 26 heavy (non-hydrogen) atoms. The third kappa shape index (κ3) is 3.96. The molecule has 0 aliphatic heterocycles. The fourth-order valence-corrected chi connectivity index (χ4v) is 4.56. The minimum atomic E-state index is -0.704. The average molecular weight is 417 g/mol. The second-order valence-electron chi connectivity index (χ2n) is 5.84. The van der Waals surface area contributed by atoms with Crippen LogP contribution in [0.25, 0.3) is 0 Å². The monoisotopic (exact) mass is 416 g/mol. The van der Waals surface area contributed by atoms with Crippen molar-refractivity contribution in [2.75, 3.05) is 18.8 Å². The second kappa shape index (κ2) is 8.79. The van der Waals surface area contributed by atoms with Crippen LogP contribution in [0.3, 0.4) is 0 Å². The first kappa shape index (κ1) is 19.8. The standard InChI is InChI=1S/C22H21ClS3/c1-24-19-10-4-16(5-11-19)22(23,17-6-12-20(25-2)13-7-17)18-8-14-21(26-3)15-9-18/h4-15H,1-3H3. The van der Waals surface area contributed by atoms with Gasteiger partial charge in [-0.1, -0.05) is 36.4 Å². The zero-order chi connectivity index (χ0) is 18.6. The molecular weight excluding hydrogens is 396 g/mol. The summed E-state index contributed by atoms with van der Waals surface area (Å²) in [5.41, 5.74) is 3.27. The molecule has 0 heterocycles. The van der Waals surface area contributed by atoms with Gasteiger partial charge in [-0.05, 0) is 71.9 Å². The summed E-state index contributed by atoms with van der Waals surface area (Å²) in [6.45, 7) is 0. The van der Waals surface area contributed by atoms with Crippen molar-refractivity contribution in [1.29, 1.82) is 0 Å². The predicted octanol–water partition coefficient (Wildman–Crippen LogP) is 7.38. The molecule has 0 aliphatic carbocycles. The molecule has 0 saturated carbocycles. The number of benzene rings is 3. The summed E-state index contributed by atoms with van der Waals surface area (Å²) in [6, 6.07) is 25.7. The third-order valence-corrected chi connectivity index (χ3v) is 7.35. The summed E-state index contributed by atoms with van der Waals surface area (Å²) in [7, 11) is 0. The number of hydrogen-bond acceptors (Lipinski definition) is 3. The number of hydrogen-bond donors (Lipinski definition) is 0. The minimum Gasteiger partial charge on any atom is -0.130 e. The van der Waals surface area contributed by atoms with Crippen LogP contribution in [-0.4, -0.2) is 18.8 Å². The molecule has 0 N–H and O–H groups in total. The molecule has 0 bridgehead atoms. The fraction of sp³-hybridized carbons (Fsp3) is 0.182. The van der Waals surface area contributed by atoms with E-state index in [0.717, 1.165) is 16.7 Å². The molecule has 0 fully saturated rings. The molecule has 0 unspecified atom stereocenters. The van der Waals surface area contributed by atoms with Gasteiger partial charge in [0.25, 0.3) is 0 Å². The van der Waals surface area contributed by atoms with Crippen LogP contribution in [0.4, 0.5) is 0 Å². The van der Waals surface area contributed by atoms with Crippen molar-refractivity contribution in [2.24, 2.45) is 0 Å². The van der Waals surface area contributed by atoms with Crippen molar-refractivity contribution >= 4 is 46.9 Å². The lowest BCUT2D eigenvalue weighted by Gasteiger charge is -2.29. The first-order chi connectivity index (χ1) is 12.6. The normalized spacial score (nSPS) is 11.5. The third-order valence-electron chi connectivity index (χ3n) is 4.46. The Balaban J connectivity index is 2.15. The van der Waals surface area contributed by atoms with E-state index in [4.69, 9.17) is 11.6 Å². The molecule has 3 aromatic rings. The van der Waals surface area contributed by atoms with Gasteiger partial charge in [0.15, 0.2) is 0 Å². The smallest absolute Gasteiger partial charge is 0.119 e. The molecule has 0 amide bonds. The highest BCUT2D eigenvalue weighted by molar-refractivity contribution is 7.99. The molecule has 134 valence electrons. The SMILES string of the molecule is CSc1ccc(C(Cl)(c2ccc(SC)cc2)c2ccc(SC)cc2)cc1. The first-order valence-corrected chi connectivity index (χ1v) is 12.3. The van der Waals surface area contributed by atoms with Crippen molar-refractivity contribution in [3.05, 3.63) is 89.5 Å². The Morgan fingerprint density at radius 2 is 0.731 bits per heavy atom. The highest BCUT2D eigenvalue weighted by Crippen LogP contribution is 2.44. The van der Waals surface area contributed by atoms with E-state index in [1.54, 1.807) is 35.3 Å². The molecule has 3 aromatic carbocycles. The first-order valence-electron chi connectivity index (χ1n) is 8.24. The van der Waals surface area contributed by atoms with Crippen molar-refractivity contribution in [3.8, 4) is 0 Å². The van der Waals surface area contributed by atoms with Gasteiger partial charge in [0.2, 0.25) is 0 Å². The largest absolute Gasteiger partial charge is 0.130 e. The van der Waals surface area contributed by atoms with Gasteiger partial charge in [-0.25, -0.2) is 0 Å². The minimum absolute atomic E-state index is 0.704. The molecule has 0 atom stereocenters. The van der Waals surface area contributed by atoms with Crippen LogP contribution in [-0.2, 0) is 4.87 Å².